The van der Waals surface area contributed by atoms with Crippen molar-refractivity contribution in [2.45, 2.75) is 50.5 Å². The number of aromatic amines is 1. The van der Waals surface area contributed by atoms with E-state index in [1.807, 2.05) is 0 Å². The normalized spacial score (nSPS) is 31.0. The van der Waals surface area contributed by atoms with Crippen LogP contribution in [0.2, 0.25) is 0 Å². The Bertz CT molecular complexity index is 347. The summed E-state index contributed by atoms with van der Waals surface area (Å²) in [6.07, 6.45) is 6.05. The summed E-state index contributed by atoms with van der Waals surface area (Å²) in [5.41, 5.74) is 0.0592. The Kier molecular flexibility index (Phi) is 2.06. The fraction of sp³-hybridized carbons (Fsp3) is 0.818. The maximum absolute atomic E-state index is 4.67. The summed E-state index contributed by atoms with van der Waals surface area (Å²) in [6, 6.07) is 0. The molecule has 0 radical (unpaired) electrons. The molecular formula is C11H18N4. The minimum Gasteiger partial charge on any atom is -0.305 e. The molecule has 1 unspecified atom stereocenters. The molecule has 0 amide bonds. The van der Waals surface area contributed by atoms with Gasteiger partial charge in [-0.25, -0.2) is 4.98 Å². The Morgan fingerprint density at radius 2 is 2.33 bits per heavy atom. The lowest BCUT2D eigenvalue weighted by atomic mass is 9.93. The third kappa shape index (κ3) is 1.47. The van der Waals surface area contributed by atoms with Gasteiger partial charge in [-0.2, -0.15) is 5.10 Å². The highest BCUT2D eigenvalue weighted by molar-refractivity contribution is 5.12. The van der Waals surface area contributed by atoms with Gasteiger partial charge in [-0.1, -0.05) is 6.92 Å². The lowest BCUT2D eigenvalue weighted by molar-refractivity contribution is 0.354. The van der Waals surface area contributed by atoms with E-state index < -0.39 is 0 Å². The predicted molar refractivity (Wildman–Crippen MR) is 57.6 cm³/mol. The zero-order valence-electron chi connectivity index (χ0n) is 9.21. The van der Waals surface area contributed by atoms with E-state index in [0.29, 0.717) is 5.92 Å². The van der Waals surface area contributed by atoms with E-state index in [9.17, 15) is 0 Å². The van der Waals surface area contributed by atoms with Crippen LogP contribution in [0.4, 0.5) is 0 Å². The molecule has 15 heavy (non-hydrogen) atoms. The molecule has 1 atom stereocenters. The number of H-pyrrole nitrogens is 1. The first-order chi connectivity index (χ1) is 7.34. The minimum absolute atomic E-state index is 0.0592. The molecule has 1 aromatic heterocycles. The van der Waals surface area contributed by atoms with Crippen LogP contribution < -0.4 is 5.32 Å². The Morgan fingerprint density at radius 3 is 2.93 bits per heavy atom. The van der Waals surface area contributed by atoms with E-state index in [2.05, 4.69) is 27.4 Å². The zero-order valence-corrected chi connectivity index (χ0v) is 9.21. The van der Waals surface area contributed by atoms with Gasteiger partial charge in [0, 0.05) is 5.92 Å². The van der Waals surface area contributed by atoms with Gasteiger partial charge >= 0.3 is 0 Å². The Morgan fingerprint density at radius 1 is 1.47 bits per heavy atom. The van der Waals surface area contributed by atoms with E-state index in [4.69, 9.17) is 0 Å². The van der Waals surface area contributed by atoms with Gasteiger partial charge in [-0.05, 0) is 38.6 Å². The van der Waals surface area contributed by atoms with Crippen LogP contribution in [0.3, 0.4) is 0 Å². The Labute approximate surface area is 89.9 Å². The molecule has 82 valence electrons. The van der Waals surface area contributed by atoms with E-state index >= 15 is 0 Å². The van der Waals surface area contributed by atoms with Crippen molar-refractivity contribution in [3.8, 4) is 0 Å². The van der Waals surface area contributed by atoms with Crippen molar-refractivity contribution >= 4 is 0 Å². The number of aromatic nitrogens is 3. The number of nitrogens with one attached hydrogen (secondary N) is 2. The van der Waals surface area contributed by atoms with Crippen molar-refractivity contribution in [2.24, 2.45) is 0 Å². The van der Waals surface area contributed by atoms with Gasteiger partial charge in [0.05, 0.1) is 5.54 Å². The van der Waals surface area contributed by atoms with Crippen molar-refractivity contribution in [1.82, 2.24) is 20.5 Å². The van der Waals surface area contributed by atoms with Crippen molar-refractivity contribution in [3.05, 3.63) is 11.6 Å². The summed E-state index contributed by atoms with van der Waals surface area (Å²) in [4.78, 5) is 4.67. The third-order valence-corrected chi connectivity index (χ3v) is 3.74. The van der Waals surface area contributed by atoms with E-state index in [-0.39, 0.29) is 5.54 Å². The molecule has 4 heteroatoms. The Balaban J connectivity index is 1.88. The molecular weight excluding hydrogens is 188 g/mol. The fourth-order valence-electron chi connectivity index (χ4n) is 2.48. The standard InChI is InChI=1S/C11H18N4/c1-2-11(6-3-7-12-11)10-13-9(14-15-10)8-4-5-8/h8,12H,2-7H2,1H3,(H,13,14,15). The highest BCUT2D eigenvalue weighted by Gasteiger charge is 2.38. The SMILES string of the molecule is CCC1(c2n[nH]c(C3CC3)n2)CCCN1. The molecule has 1 saturated carbocycles. The second kappa shape index (κ2) is 3.30. The van der Waals surface area contributed by atoms with E-state index in [1.165, 1.54) is 25.7 Å². The van der Waals surface area contributed by atoms with Crippen molar-refractivity contribution in [2.75, 3.05) is 6.54 Å². The quantitative estimate of drug-likeness (QED) is 0.791. The Hall–Kier alpha value is -0.900. The fourth-order valence-corrected chi connectivity index (χ4v) is 2.48. The number of rotatable bonds is 3. The van der Waals surface area contributed by atoms with Crippen LogP contribution in [-0.4, -0.2) is 21.7 Å². The van der Waals surface area contributed by atoms with Gasteiger partial charge < -0.3 is 5.32 Å². The third-order valence-electron chi connectivity index (χ3n) is 3.74. The summed E-state index contributed by atoms with van der Waals surface area (Å²) in [5, 5.41) is 11.1. The molecule has 3 rings (SSSR count). The van der Waals surface area contributed by atoms with Gasteiger partial charge in [0.25, 0.3) is 0 Å². The first-order valence-corrected chi connectivity index (χ1v) is 6.02. The van der Waals surface area contributed by atoms with Crippen LogP contribution in [0, 0.1) is 0 Å². The second-order valence-corrected chi connectivity index (χ2v) is 4.78. The summed E-state index contributed by atoms with van der Waals surface area (Å²) in [5.74, 6) is 2.76. The summed E-state index contributed by atoms with van der Waals surface area (Å²) < 4.78 is 0. The molecule has 1 aromatic rings. The van der Waals surface area contributed by atoms with E-state index in [1.54, 1.807) is 0 Å². The lowest BCUT2D eigenvalue weighted by Crippen LogP contribution is -2.37. The van der Waals surface area contributed by atoms with Crippen molar-refractivity contribution in [1.29, 1.82) is 0 Å². The van der Waals surface area contributed by atoms with Crippen molar-refractivity contribution < 1.29 is 0 Å². The smallest absolute Gasteiger partial charge is 0.170 e. The average Bonchev–Trinajstić information content (AvgIpc) is 2.84. The average molecular weight is 206 g/mol. The molecule has 0 aromatic carbocycles. The van der Waals surface area contributed by atoms with Crippen LogP contribution in [0.15, 0.2) is 0 Å². The molecule has 1 aliphatic carbocycles. The van der Waals surface area contributed by atoms with Gasteiger partial charge in [0.15, 0.2) is 5.82 Å². The minimum atomic E-state index is 0.0592. The van der Waals surface area contributed by atoms with Crippen LogP contribution in [-0.2, 0) is 5.54 Å². The summed E-state index contributed by atoms with van der Waals surface area (Å²) in [7, 11) is 0. The molecule has 2 N–H and O–H groups in total. The van der Waals surface area contributed by atoms with Gasteiger partial charge in [-0.3, -0.25) is 5.10 Å². The topological polar surface area (TPSA) is 53.6 Å². The maximum atomic E-state index is 4.67. The molecule has 0 spiro atoms. The van der Waals surface area contributed by atoms with Gasteiger partial charge in [0.2, 0.25) is 0 Å². The number of nitrogens with zero attached hydrogens (tertiary/aromatic N) is 2. The van der Waals surface area contributed by atoms with Crippen LogP contribution in [0.25, 0.3) is 0 Å². The molecule has 1 saturated heterocycles. The lowest BCUT2D eigenvalue weighted by Gasteiger charge is -2.24. The molecule has 2 aliphatic rings. The largest absolute Gasteiger partial charge is 0.305 e. The number of hydrogen-bond donors (Lipinski definition) is 2. The molecule has 0 bridgehead atoms. The van der Waals surface area contributed by atoms with Gasteiger partial charge in [0.1, 0.15) is 5.82 Å². The molecule has 1 aliphatic heterocycles. The van der Waals surface area contributed by atoms with Crippen LogP contribution >= 0.6 is 0 Å². The first kappa shape index (κ1) is 9.33. The molecule has 2 heterocycles. The summed E-state index contributed by atoms with van der Waals surface area (Å²) >= 11 is 0. The molecule has 4 nitrogen and oxygen atoms in total. The first-order valence-electron chi connectivity index (χ1n) is 6.02. The monoisotopic (exact) mass is 206 g/mol. The van der Waals surface area contributed by atoms with Crippen LogP contribution in [0.1, 0.15) is 56.6 Å². The van der Waals surface area contributed by atoms with E-state index in [0.717, 1.165) is 24.6 Å². The van der Waals surface area contributed by atoms with Gasteiger partial charge in [-0.15, -0.1) is 0 Å². The second-order valence-electron chi connectivity index (χ2n) is 4.78. The highest BCUT2D eigenvalue weighted by Crippen LogP contribution is 2.39. The zero-order chi connectivity index (χ0) is 10.3. The predicted octanol–water partition coefficient (Wildman–Crippen LogP) is 1.67. The van der Waals surface area contributed by atoms with Crippen LogP contribution in [0.5, 0.6) is 0 Å². The van der Waals surface area contributed by atoms with Crippen molar-refractivity contribution in [3.63, 3.8) is 0 Å². The maximum Gasteiger partial charge on any atom is 0.170 e. The molecule has 2 fully saturated rings. The number of hydrogen-bond acceptors (Lipinski definition) is 3. The highest BCUT2D eigenvalue weighted by atomic mass is 15.3. The summed E-state index contributed by atoms with van der Waals surface area (Å²) in [6.45, 7) is 3.31.